The molecule has 92 valence electrons. The highest BCUT2D eigenvalue weighted by atomic mass is 19.1. The fraction of sp³-hybridized carbons (Fsp3) is 0.600. The summed E-state index contributed by atoms with van der Waals surface area (Å²) in [5.41, 5.74) is 3.17. The maximum atomic E-state index is 14.3. The first-order valence-electron chi connectivity index (χ1n) is 6.56. The zero-order valence-corrected chi connectivity index (χ0v) is 10.5. The van der Waals surface area contributed by atoms with E-state index in [2.05, 4.69) is 19.9 Å². The van der Waals surface area contributed by atoms with Crippen molar-refractivity contribution in [1.29, 1.82) is 0 Å². The van der Waals surface area contributed by atoms with E-state index in [-0.39, 0.29) is 11.7 Å². The molecular weight excluding hydrogens is 215 g/mol. The second-order valence-corrected chi connectivity index (χ2v) is 5.72. The Morgan fingerprint density at radius 1 is 1.29 bits per heavy atom. The molecule has 1 aromatic rings. The summed E-state index contributed by atoms with van der Waals surface area (Å²) in [6, 6.07) is 3.93. The number of hydrogen-bond acceptors (Lipinski definition) is 1. The third kappa shape index (κ3) is 1.99. The van der Waals surface area contributed by atoms with E-state index in [1.807, 2.05) is 0 Å². The predicted molar refractivity (Wildman–Crippen MR) is 65.6 cm³/mol. The van der Waals surface area contributed by atoms with Crippen LogP contribution in [0.2, 0.25) is 0 Å². The minimum absolute atomic E-state index is 0.00796. The molecular formula is C15H19FO. The first kappa shape index (κ1) is 11.2. The molecule has 1 heterocycles. The lowest BCUT2D eigenvalue weighted by molar-refractivity contribution is 0.0773. The van der Waals surface area contributed by atoms with E-state index in [4.69, 9.17) is 4.74 Å². The number of benzene rings is 1. The van der Waals surface area contributed by atoms with Crippen molar-refractivity contribution in [2.75, 3.05) is 6.61 Å². The van der Waals surface area contributed by atoms with Crippen LogP contribution in [-0.2, 0) is 11.3 Å². The van der Waals surface area contributed by atoms with Crippen LogP contribution in [0, 0.1) is 11.7 Å². The summed E-state index contributed by atoms with van der Waals surface area (Å²) in [6.07, 6.45) is 2.43. The average Bonchev–Trinajstić information content (AvgIpc) is 3.11. The number of halogens is 1. The Morgan fingerprint density at radius 3 is 2.71 bits per heavy atom. The maximum absolute atomic E-state index is 14.3. The van der Waals surface area contributed by atoms with E-state index in [0.717, 1.165) is 11.1 Å². The van der Waals surface area contributed by atoms with Crippen molar-refractivity contribution in [3.63, 3.8) is 0 Å². The van der Waals surface area contributed by atoms with Gasteiger partial charge in [0.1, 0.15) is 5.82 Å². The van der Waals surface area contributed by atoms with E-state index in [0.29, 0.717) is 25.0 Å². The summed E-state index contributed by atoms with van der Waals surface area (Å²) in [6.45, 7) is 5.51. The molecule has 3 rings (SSSR count). The van der Waals surface area contributed by atoms with Crippen LogP contribution in [0.4, 0.5) is 4.39 Å². The van der Waals surface area contributed by atoms with Gasteiger partial charge in [-0.2, -0.15) is 0 Å². The molecule has 1 nitrogen and oxygen atoms in total. The summed E-state index contributed by atoms with van der Waals surface area (Å²) in [5.74, 6) is 1.24. The lowest BCUT2D eigenvalue weighted by Gasteiger charge is -2.29. The van der Waals surface area contributed by atoms with Gasteiger partial charge in [-0.1, -0.05) is 19.9 Å². The van der Waals surface area contributed by atoms with Crippen LogP contribution in [-0.4, -0.2) is 6.61 Å². The second kappa shape index (κ2) is 4.09. The third-order valence-electron chi connectivity index (χ3n) is 4.02. The van der Waals surface area contributed by atoms with E-state index < -0.39 is 0 Å². The van der Waals surface area contributed by atoms with Gasteiger partial charge in [-0.05, 0) is 47.4 Å². The number of rotatable bonds is 2. The molecule has 0 N–H and O–H groups in total. The number of ether oxygens (including phenoxy) is 1. The lowest BCUT2D eigenvalue weighted by atomic mass is 9.83. The first-order valence-corrected chi connectivity index (χ1v) is 6.56. The van der Waals surface area contributed by atoms with E-state index in [1.165, 1.54) is 18.4 Å². The van der Waals surface area contributed by atoms with Crippen LogP contribution in [0.1, 0.15) is 55.2 Å². The lowest BCUT2D eigenvalue weighted by Crippen LogP contribution is -2.22. The molecule has 1 aliphatic carbocycles. The molecule has 1 unspecified atom stereocenters. The molecule has 2 heteroatoms. The van der Waals surface area contributed by atoms with Gasteiger partial charge in [-0.25, -0.2) is 4.39 Å². The van der Waals surface area contributed by atoms with Crippen molar-refractivity contribution >= 4 is 0 Å². The van der Waals surface area contributed by atoms with Crippen molar-refractivity contribution in [2.24, 2.45) is 5.92 Å². The van der Waals surface area contributed by atoms with Crippen molar-refractivity contribution < 1.29 is 9.13 Å². The molecule has 1 aliphatic heterocycles. The van der Waals surface area contributed by atoms with Gasteiger partial charge >= 0.3 is 0 Å². The number of hydrogen-bond donors (Lipinski definition) is 0. The van der Waals surface area contributed by atoms with Crippen LogP contribution in [0.5, 0.6) is 0 Å². The molecule has 1 atom stereocenters. The molecule has 0 aromatic heterocycles. The standard InChI is InChI=1S/C15H19FO/c1-9(2)13-8-17-7-12-5-11(10-3-4-10)6-14(16)15(12)13/h5-6,9-10,13H,3-4,7-8H2,1-2H3. The molecule has 0 amide bonds. The van der Waals surface area contributed by atoms with Crippen LogP contribution in [0.3, 0.4) is 0 Å². The summed E-state index contributed by atoms with van der Waals surface area (Å²) >= 11 is 0. The van der Waals surface area contributed by atoms with Crippen molar-refractivity contribution in [3.05, 3.63) is 34.6 Å². The van der Waals surface area contributed by atoms with Gasteiger partial charge in [0.15, 0.2) is 0 Å². The molecule has 2 aliphatic rings. The Balaban J connectivity index is 2.04. The van der Waals surface area contributed by atoms with Crippen LogP contribution >= 0.6 is 0 Å². The molecule has 17 heavy (non-hydrogen) atoms. The van der Waals surface area contributed by atoms with Gasteiger partial charge in [-0.3, -0.25) is 0 Å². The van der Waals surface area contributed by atoms with Gasteiger partial charge in [0.2, 0.25) is 0 Å². The van der Waals surface area contributed by atoms with Gasteiger partial charge < -0.3 is 4.74 Å². The second-order valence-electron chi connectivity index (χ2n) is 5.72. The smallest absolute Gasteiger partial charge is 0.127 e. The molecule has 1 aromatic carbocycles. The maximum Gasteiger partial charge on any atom is 0.127 e. The third-order valence-corrected chi connectivity index (χ3v) is 4.02. The molecule has 1 saturated carbocycles. The fourth-order valence-electron chi connectivity index (χ4n) is 2.79. The molecule has 0 bridgehead atoms. The summed E-state index contributed by atoms with van der Waals surface area (Å²) in [4.78, 5) is 0. The van der Waals surface area contributed by atoms with Crippen molar-refractivity contribution in [2.45, 2.75) is 45.1 Å². The van der Waals surface area contributed by atoms with E-state index in [9.17, 15) is 4.39 Å². The van der Waals surface area contributed by atoms with E-state index in [1.54, 1.807) is 6.07 Å². The van der Waals surface area contributed by atoms with Crippen LogP contribution < -0.4 is 0 Å². The highest BCUT2D eigenvalue weighted by molar-refractivity contribution is 5.39. The Hall–Kier alpha value is -0.890. The van der Waals surface area contributed by atoms with Crippen LogP contribution in [0.15, 0.2) is 12.1 Å². The van der Waals surface area contributed by atoms with Gasteiger partial charge in [0, 0.05) is 5.92 Å². The summed E-state index contributed by atoms with van der Waals surface area (Å²) < 4.78 is 19.9. The summed E-state index contributed by atoms with van der Waals surface area (Å²) in [5, 5.41) is 0. The Morgan fingerprint density at radius 2 is 2.06 bits per heavy atom. The van der Waals surface area contributed by atoms with E-state index >= 15 is 0 Å². The first-order chi connectivity index (χ1) is 8.16. The van der Waals surface area contributed by atoms with Gasteiger partial charge in [0.05, 0.1) is 13.2 Å². The minimum atomic E-state index is -0.00796. The normalized spacial score (nSPS) is 23.9. The Kier molecular flexibility index (Phi) is 2.70. The fourth-order valence-corrected chi connectivity index (χ4v) is 2.79. The molecule has 0 saturated heterocycles. The van der Waals surface area contributed by atoms with Crippen molar-refractivity contribution in [3.8, 4) is 0 Å². The molecule has 0 spiro atoms. The zero-order valence-electron chi connectivity index (χ0n) is 10.5. The Labute approximate surface area is 102 Å². The zero-order chi connectivity index (χ0) is 12.0. The largest absolute Gasteiger partial charge is 0.376 e. The highest BCUT2D eigenvalue weighted by Gasteiger charge is 2.30. The molecule has 1 fully saturated rings. The Bertz CT molecular complexity index is 435. The SMILES string of the molecule is CC(C)C1COCc2cc(C3CC3)cc(F)c21. The monoisotopic (exact) mass is 234 g/mol. The quantitative estimate of drug-likeness (QED) is 0.752. The van der Waals surface area contributed by atoms with Gasteiger partial charge in [-0.15, -0.1) is 0 Å². The molecule has 0 radical (unpaired) electrons. The predicted octanol–water partition coefficient (Wildman–Crippen LogP) is 3.97. The highest BCUT2D eigenvalue weighted by Crippen LogP contribution is 2.43. The number of fused-ring (bicyclic) bond motifs is 1. The van der Waals surface area contributed by atoms with Crippen LogP contribution in [0.25, 0.3) is 0 Å². The average molecular weight is 234 g/mol. The topological polar surface area (TPSA) is 9.23 Å². The minimum Gasteiger partial charge on any atom is -0.376 e. The van der Waals surface area contributed by atoms with Gasteiger partial charge in [0.25, 0.3) is 0 Å². The van der Waals surface area contributed by atoms with Crippen molar-refractivity contribution in [1.82, 2.24) is 0 Å². The summed E-state index contributed by atoms with van der Waals surface area (Å²) in [7, 11) is 0.